The zero-order valence-corrected chi connectivity index (χ0v) is 15.5. The summed E-state index contributed by atoms with van der Waals surface area (Å²) in [6, 6.07) is 20.3. The van der Waals surface area contributed by atoms with E-state index in [0.29, 0.717) is 25.7 Å². The summed E-state index contributed by atoms with van der Waals surface area (Å²) in [6.07, 6.45) is 4.23. The normalized spacial score (nSPS) is 20.6. The molecule has 1 unspecified atom stereocenters. The van der Waals surface area contributed by atoms with Crippen LogP contribution < -0.4 is 5.32 Å². The van der Waals surface area contributed by atoms with Crippen LogP contribution in [0, 0.1) is 11.8 Å². The minimum absolute atomic E-state index is 0.0314. The Labute approximate surface area is 160 Å². The molecule has 2 N–H and O–H groups in total. The monoisotopic (exact) mass is 365 g/mol. The minimum atomic E-state index is -0.737. The Morgan fingerprint density at radius 2 is 1.44 bits per heavy atom. The standard InChI is InChI=1S/C23H27NO3/c25-22(19-12-14-20(15-13-19)23(26)27)24-21(18-9-5-2-6-10-18)16-11-17-7-3-1-4-8-17/h1-10,19-21H,11-16H2,(H,24,25)(H,26,27). The maximum Gasteiger partial charge on any atom is 0.306 e. The lowest BCUT2D eigenvalue weighted by Gasteiger charge is -2.28. The van der Waals surface area contributed by atoms with Crippen molar-refractivity contribution in [3.63, 3.8) is 0 Å². The summed E-state index contributed by atoms with van der Waals surface area (Å²) < 4.78 is 0. The van der Waals surface area contributed by atoms with Crippen molar-refractivity contribution in [2.75, 3.05) is 0 Å². The molecule has 0 aliphatic heterocycles. The van der Waals surface area contributed by atoms with Crippen LogP contribution in [0.1, 0.15) is 49.3 Å². The highest BCUT2D eigenvalue weighted by Crippen LogP contribution is 2.30. The van der Waals surface area contributed by atoms with Gasteiger partial charge in [0.15, 0.2) is 0 Å². The van der Waals surface area contributed by atoms with Gasteiger partial charge in [0.2, 0.25) is 5.91 Å². The molecule has 0 heterocycles. The molecule has 2 aromatic carbocycles. The van der Waals surface area contributed by atoms with Gasteiger partial charge in [-0.2, -0.15) is 0 Å². The highest BCUT2D eigenvalue weighted by atomic mass is 16.4. The Bertz CT molecular complexity index is 737. The summed E-state index contributed by atoms with van der Waals surface area (Å²) in [4.78, 5) is 23.9. The van der Waals surface area contributed by atoms with Gasteiger partial charge in [-0.25, -0.2) is 0 Å². The van der Waals surface area contributed by atoms with Crippen LogP contribution >= 0.6 is 0 Å². The van der Waals surface area contributed by atoms with Crippen molar-refractivity contribution in [2.24, 2.45) is 11.8 Å². The number of nitrogens with one attached hydrogen (secondary N) is 1. The van der Waals surface area contributed by atoms with Crippen LogP contribution in [0.5, 0.6) is 0 Å². The van der Waals surface area contributed by atoms with E-state index in [1.54, 1.807) is 0 Å². The Morgan fingerprint density at radius 3 is 2.04 bits per heavy atom. The van der Waals surface area contributed by atoms with Crippen LogP contribution in [0.15, 0.2) is 60.7 Å². The van der Waals surface area contributed by atoms with Gasteiger partial charge in [-0.1, -0.05) is 60.7 Å². The predicted octanol–water partition coefficient (Wildman–Crippen LogP) is 4.37. The summed E-state index contributed by atoms with van der Waals surface area (Å²) in [6.45, 7) is 0. The number of carbonyl (C=O) groups excluding carboxylic acids is 1. The van der Waals surface area contributed by atoms with Gasteiger partial charge in [0.05, 0.1) is 12.0 Å². The number of amides is 1. The van der Waals surface area contributed by atoms with E-state index in [1.165, 1.54) is 5.56 Å². The van der Waals surface area contributed by atoms with Crippen molar-refractivity contribution >= 4 is 11.9 Å². The Hall–Kier alpha value is -2.62. The fourth-order valence-corrected chi connectivity index (χ4v) is 3.86. The SMILES string of the molecule is O=C(O)C1CCC(C(=O)NC(CCc2ccccc2)c2ccccc2)CC1. The van der Waals surface area contributed by atoms with Gasteiger partial charge in [-0.15, -0.1) is 0 Å². The Morgan fingerprint density at radius 1 is 0.889 bits per heavy atom. The van der Waals surface area contributed by atoms with Crippen LogP contribution in [0.3, 0.4) is 0 Å². The predicted molar refractivity (Wildman–Crippen MR) is 105 cm³/mol. The number of hydrogen-bond donors (Lipinski definition) is 2. The Kier molecular flexibility index (Phi) is 6.64. The number of aliphatic carboxylic acids is 1. The zero-order valence-electron chi connectivity index (χ0n) is 15.5. The Balaban J connectivity index is 1.62. The molecule has 1 amide bonds. The van der Waals surface area contributed by atoms with Crippen LogP contribution in [-0.4, -0.2) is 17.0 Å². The molecule has 1 aliphatic rings. The number of carboxylic acid groups (broad SMARTS) is 1. The van der Waals surface area contributed by atoms with E-state index in [-0.39, 0.29) is 23.8 Å². The maximum atomic E-state index is 12.8. The molecule has 1 atom stereocenters. The lowest BCUT2D eigenvalue weighted by molar-refractivity contribution is -0.144. The highest BCUT2D eigenvalue weighted by Gasteiger charge is 2.30. The molecule has 0 aromatic heterocycles. The third kappa shape index (κ3) is 5.43. The van der Waals surface area contributed by atoms with Gasteiger partial charge in [-0.3, -0.25) is 9.59 Å². The second kappa shape index (κ2) is 9.36. The number of carboxylic acids is 1. The first-order chi connectivity index (χ1) is 13.1. The fourth-order valence-electron chi connectivity index (χ4n) is 3.86. The number of rotatable bonds is 7. The van der Waals surface area contributed by atoms with E-state index in [0.717, 1.165) is 18.4 Å². The van der Waals surface area contributed by atoms with E-state index in [9.17, 15) is 9.59 Å². The number of benzene rings is 2. The van der Waals surface area contributed by atoms with Gasteiger partial charge in [-0.05, 0) is 49.7 Å². The topological polar surface area (TPSA) is 66.4 Å². The summed E-state index contributed by atoms with van der Waals surface area (Å²) in [5.41, 5.74) is 2.37. The van der Waals surface area contributed by atoms with Crippen molar-refractivity contribution in [2.45, 2.75) is 44.6 Å². The largest absolute Gasteiger partial charge is 0.481 e. The van der Waals surface area contributed by atoms with E-state index >= 15 is 0 Å². The van der Waals surface area contributed by atoms with Gasteiger partial charge >= 0.3 is 5.97 Å². The molecule has 27 heavy (non-hydrogen) atoms. The van der Waals surface area contributed by atoms with Crippen molar-refractivity contribution in [1.82, 2.24) is 5.32 Å². The molecule has 142 valence electrons. The number of aryl methyl sites for hydroxylation is 1. The molecular formula is C23H27NO3. The second-order valence-corrected chi connectivity index (χ2v) is 7.38. The fraction of sp³-hybridized carbons (Fsp3) is 0.391. The molecule has 0 saturated heterocycles. The van der Waals surface area contributed by atoms with Crippen LogP contribution in [-0.2, 0) is 16.0 Å². The van der Waals surface area contributed by atoms with Crippen LogP contribution in [0.2, 0.25) is 0 Å². The van der Waals surface area contributed by atoms with Crippen LogP contribution in [0.4, 0.5) is 0 Å². The summed E-state index contributed by atoms with van der Waals surface area (Å²) in [7, 11) is 0. The molecule has 0 radical (unpaired) electrons. The number of hydrogen-bond acceptors (Lipinski definition) is 2. The third-order valence-corrected chi connectivity index (χ3v) is 5.53. The summed E-state index contributed by atoms with van der Waals surface area (Å²) in [5, 5.41) is 12.4. The molecule has 0 spiro atoms. The van der Waals surface area contributed by atoms with Crippen LogP contribution in [0.25, 0.3) is 0 Å². The molecule has 0 bridgehead atoms. The molecule has 1 aliphatic carbocycles. The third-order valence-electron chi connectivity index (χ3n) is 5.53. The molecule has 4 nitrogen and oxygen atoms in total. The van der Waals surface area contributed by atoms with E-state index < -0.39 is 5.97 Å². The molecule has 4 heteroatoms. The van der Waals surface area contributed by atoms with E-state index in [1.807, 2.05) is 36.4 Å². The first-order valence-corrected chi connectivity index (χ1v) is 9.75. The van der Waals surface area contributed by atoms with Crippen molar-refractivity contribution in [3.8, 4) is 0 Å². The lowest BCUT2D eigenvalue weighted by atomic mass is 9.81. The minimum Gasteiger partial charge on any atom is -0.481 e. The van der Waals surface area contributed by atoms with Crippen molar-refractivity contribution < 1.29 is 14.7 Å². The molecular weight excluding hydrogens is 338 g/mol. The second-order valence-electron chi connectivity index (χ2n) is 7.38. The van der Waals surface area contributed by atoms with Crippen molar-refractivity contribution in [3.05, 3.63) is 71.8 Å². The number of carbonyl (C=O) groups is 2. The van der Waals surface area contributed by atoms with Gasteiger partial charge in [0.25, 0.3) is 0 Å². The van der Waals surface area contributed by atoms with Gasteiger partial charge in [0.1, 0.15) is 0 Å². The van der Waals surface area contributed by atoms with Crippen molar-refractivity contribution in [1.29, 1.82) is 0 Å². The van der Waals surface area contributed by atoms with Gasteiger partial charge < -0.3 is 10.4 Å². The quantitative estimate of drug-likeness (QED) is 0.766. The highest BCUT2D eigenvalue weighted by molar-refractivity contribution is 5.79. The van der Waals surface area contributed by atoms with Gasteiger partial charge in [0, 0.05) is 5.92 Å². The first-order valence-electron chi connectivity index (χ1n) is 9.75. The summed E-state index contributed by atoms with van der Waals surface area (Å²) in [5.74, 6) is -1.06. The van der Waals surface area contributed by atoms with E-state index in [2.05, 4.69) is 29.6 Å². The summed E-state index contributed by atoms with van der Waals surface area (Å²) >= 11 is 0. The lowest BCUT2D eigenvalue weighted by Crippen LogP contribution is -2.36. The average molecular weight is 365 g/mol. The zero-order chi connectivity index (χ0) is 19.1. The first kappa shape index (κ1) is 19.2. The van der Waals surface area contributed by atoms with E-state index in [4.69, 9.17) is 5.11 Å². The molecule has 3 rings (SSSR count). The molecule has 1 fully saturated rings. The molecule has 2 aromatic rings. The average Bonchev–Trinajstić information content (AvgIpc) is 2.72. The maximum absolute atomic E-state index is 12.8. The molecule has 1 saturated carbocycles. The smallest absolute Gasteiger partial charge is 0.306 e.